The van der Waals surface area contributed by atoms with E-state index >= 15 is 0 Å². The monoisotopic (exact) mass is 373 g/mol. The molecule has 1 aromatic rings. The molecule has 0 saturated heterocycles. The van der Waals surface area contributed by atoms with Crippen molar-refractivity contribution >= 4 is 23.8 Å². The number of carbonyl (C=O) groups excluding carboxylic acids is 3. The highest BCUT2D eigenvalue weighted by molar-refractivity contribution is 5.98. The molecule has 2 atom stereocenters. The number of hydrogen-bond acceptors (Lipinski definition) is 6. The van der Waals surface area contributed by atoms with Gasteiger partial charge in [0.25, 0.3) is 5.91 Å². The maximum absolute atomic E-state index is 13.2. The highest BCUT2D eigenvalue weighted by Gasteiger charge is 2.42. The average molecular weight is 373 g/mol. The number of carboxylic acids is 1. The van der Waals surface area contributed by atoms with E-state index in [1.807, 2.05) is 5.32 Å². The highest BCUT2D eigenvalue weighted by atomic mass is 19.1. The molecule has 0 aliphatic heterocycles. The number of benzene rings is 1. The lowest BCUT2D eigenvalue weighted by Crippen LogP contribution is -2.50. The van der Waals surface area contributed by atoms with Crippen molar-refractivity contribution in [2.75, 3.05) is 14.2 Å². The Kier molecular flexibility index (Phi) is 7.17. The van der Waals surface area contributed by atoms with Crippen LogP contribution in [-0.2, 0) is 23.9 Å². The molecule has 0 radical (unpaired) electrons. The zero-order valence-corrected chi connectivity index (χ0v) is 14.1. The van der Waals surface area contributed by atoms with E-state index in [2.05, 4.69) is 9.47 Å². The van der Waals surface area contributed by atoms with Gasteiger partial charge in [-0.3, -0.25) is 14.4 Å². The van der Waals surface area contributed by atoms with Crippen LogP contribution >= 0.6 is 0 Å². The minimum absolute atomic E-state index is 0.464. The summed E-state index contributed by atoms with van der Waals surface area (Å²) in [5.41, 5.74) is -0.464. The van der Waals surface area contributed by atoms with Crippen molar-refractivity contribution in [2.45, 2.75) is 13.0 Å². The number of aliphatic carboxylic acids is 1. The first kappa shape index (κ1) is 21.0. The van der Waals surface area contributed by atoms with E-state index in [-0.39, 0.29) is 0 Å². The average Bonchev–Trinajstić information content (AvgIpc) is 2.57. The van der Waals surface area contributed by atoms with Crippen molar-refractivity contribution < 1.29 is 42.5 Å². The minimum Gasteiger partial charge on any atom is -0.480 e. The van der Waals surface area contributed by atoms with Gasteiger partial charge in [-0.15, -0.1) is 0 Å². The molecule has 0 unspecified atom stereocenters. The summed E-state index contributed by atoms with van der Waals surface area (Å²) in [6, 6.07) is 0.218. The molecule has 1 aromatic carbocycles. The maximum Gasteiger partial charge on any atom is 0.326 e. The lowest BCUT2D eigenvalue weighted by molar-refractivity contribution is -0.162. The Labute approximate surface area is 147 Å². The van der Waals surface area contributed by atoms with Gasteiger partial charge in [0, 0.05) is 17.5 Å². The van der Waals surface area contributed by atoms with E-state index in [1.165, 1.54) is 6.92 Å². The molecule has 1 rings (SSSR count). The van der Waals surface area contributed by atoms with Crippen molar-refractivity contribution in [1.29, 1.82) is 0 Å². The fourth-order valence-corrected chi connectivity index (χ4v) is 2.30. The number of rotatable bonds is 7. The maximum atomic E-state index is 13.2. The second kappa shape index (κ2) is 8.88. The quantitative estimate of drug-likeness (QED) is 0.535. The van der Waals surface area contributed by atoms with Gasteiger partial charge in [-0.05, 0) is 12.1 Å². The smallest absolute Gasteiger partial charge is 0.326 e. The van der Waals surface area contributed by atoms with E-state index in [4.69, 9.17) is 0 Å². The van der Waals surface area contributed by atoms with Crippen LogP contribution in [0.1, 0.15) is 17.3 Å². The molecule has 0 aliphatic rings. The third-order valence-electron chi connectivity index (χ3n) is 3.64. The van der Waals surface area contributed by atoms with Crippen LogP contribution in [-0.4, -0.2) is 49.2 Å². The molecule has 26 heavy (non-hydrogen) atoms. The van der Waals surface area contributed by atoms with Crippen LogP contribution in [0.2, 0.25) is 0 Å². The molecule has 142 valence electrons. The zero-order chi connectivity index (χ0) is 20.0. The van der Waals surface area contributed by atoms with Gasteiger partial charge < -0.3 is 19.9 Å². The van der Waals surface area contributed by atoms with E-state index in [9.17, 15) is 33.1 Å². The largest absolute Gasteiger partial charge is 0.480 e. The topological polar surface area (TPSA) is 119 Å². The summed E-state index contributed by atoms with van der Waals surface area (Å²) in [6.45, 7) is 1.21. The van der Waals surface area contributed by atoms with Crippen LogP contribution in [0.5, 0.6) is 0 Å². The molecular formula is C16H17F2NO7. The molecule has 0 aromatic heterocycles. The van der Waals surface area contributed by atoms with Crippen LogP contribution in [0.25, 0.3) is 0 Å². The summed E-state index contributed by atoms with van der Waals surface area (Å²) >= 11 is 0. The SMILES string of the molecule is COC(=O)C(C(=O)OC)[C@H](C)[C@H](NC(=O)c1cc(F)cc(F)c1)C(=O)O. The molecule has 0 saturated carbocycles. The number of hydrogen-bond donors (Lipinski definition) is 2. The van der Waals surface area contributed by atoms with Crippen LogP contribution in [0, 0.1) is 23.5 Å². The van der Waals surface area contributed by atoms with Gasteiger partial charge in [-0.2, -0.15) is 0 Å². The standard InChI is InChI=1S/C16H17F2NO7/c1-7(11(15(23)25-2)16(24)26-3)12(14(21)22)19-13(20)8-4-9(17)6-10(18)5-8/h4-7,11-12H,1-3H3,(H,19,20)(H,21,22)/t7-,12-/m0/s1. The Hall–Kier alpha value is -3.04. The first-order valence-corrected chi connectivity index (χ1v) is 7.27. The third-order valence-corrected chi connectivity index (χ3v) is 3.64. The number of amides is 1. The van der Waals surface area contributed by atoms with Crippen molar-refractivity contribution in [3.63, 3.8) is 0 Å². The molecule has 0 spiro atoms. The summed E-state index contributed by atoms with van der Waals surface area (Å²) < 4.78 is 35.4. The van der Waals surface area contributed by atoms with Gasteiger partial charge in [0.05, 0.1) is 14.2 Å². The van der Waals surface area contributed by atoms with E-state index in [0.717, 1.165) is 14.2 Å². The van der Waals surface area contributed by atoms with E-state index in [0.29, 0.717) is 18.2 Å². The highest BCUT2D eigenvalue weighted by Crippen LogP contribution is 2.20. The third kappa shape index (κ3) is 4.98. The molecule has 2 N–H and O–H groups in total. The number of carbonyl (C=O) groups is 4. The van der Waals surface area contributed by atoms with Crippen LogP contribution in [0.3, 0.4) is 0 Å². The molecular weight excluding hydrogens is 356 g/mol. The summed E-state index contributed by atoms with van der Waals surface area (Å²) in [4.78, 5) is 47.2. The van der Waals surface area contributed by atoms with Crippen molar-refractivity contribution in [3.05, 3.63) is 35.4 Å². The Bertz CT molecular complexity index is 686. The lowest BCUT2D eigenvalue weighted by atomic mass is 9.87. The van der Waals surface area contributed by atoms with Gasteiger partial charge >= 0.3 is 17.9 Å². The second-order valence-electron chi connectivity index (χ2n) is 5.33. The van der Waals surface area contributed by atoms with E-state index < -0.39 is 58.9 Å². The number of esters is 2. The Morgan fingerprint density at radius 3 is 1.85 bits per heavy atom. The predicted octanol–water partition coefficient (Wildman–Crippen LogP) is 0.746. The van der Waals surface area contributed by atoms with Crippen LogP contribution < -0.4 is 5.32 Å². The molecule has 10 heteroatoms. The van der Waals surface area contributed by atoms with Gasteiger partial charge in [-0.25, -0.2) is 13.6 Å². The van der Waals surface area contributed by atoms with Gasteiger partial charge in [0.1, 0.15) is 17.7 Å². The molecule has 0 fully saturated rings. The van der Waals surface area contributed by atoms with Gasteiger partial charge in [-0.1, -0.05) is 6.92 Å². The molecule has 0 aliphatic carbocycles. The first-order chi connectivity index (χ1) is 12.1. The molecule has 8 nitrogen and oxygen atoms in total. The Morgan fingerprint density at radius 2 is 1.46 bits per heavy atom. The Balaban J connectivity index is 3.13. The predicted molar refractivity (Wildman–Crippen MR) is 81.9 cm³/mol. The second-order valence-corrected chi connectivity index (χ2v) is 5.33. The fourth-order valence-electron chi connectivity index (χ4n) is 2.30. The number of carboxylic acid groups (broad SMARTS) is 1. The zero-order valence-electron chi connectivity index (χ0n) is 14.1. The number of nitrogens with one attached hydrogen (secondary N) is 1. The van der Waals surface area contributed by atoms with E-state index in [1.54, 1.807) is 0 Å². The molecule has 0 bridgehead atoms. The summed E-state index contributed by atoms with van der Waals surface area (Å²) in [5.74, 6) is -9.75. The van der Waals surface area contributed by atoms with Crippen molar-refractivity contribution in [2.24, 2.45) is 11.8 Å². The van der Waals surface area contributed by atoms with Crippen LogP contribution in [0.4, 0.5) is 8.78 Å². The summed E-state index contributed by atoms with van der Waals surface area (Å²) in [6.07, 6.45) is 0. The normalized spacial score (nSPS) is 12.8. The van der Waals surface area contributed by atoms with Crippen molar-refractivity contribution in [3.8, 4) is 0 Å². The number of halogens is 2. The fraction of sp³-hybridized carbons (Fsp3) is 0.375. The van der Waals surface area contributed by atoms with Crippen molar-refractivity contribution in [1.82, 2.24) is 5.32 Å². The summed E-state index contributed by atoms with van der Waals surface area (Å²) in [7, 11) is 1.99. The Morgan fingerprint density at radius 1 is 1.00 bits per heavy atom. The minimum atomic E-state index is -1.74. The number of methoxy groups -OCH3 is 2. The first-order valence-electron chi connectivity index (χ1n) is 7.27. The van der Waals surface area contributed by atoms with Gasteiger partial charge in [0.15, 0.2) is 5.92 Å². The number of ether oxygens (including phenoxy) is 2. The lowest BCUT2D eigenvalue weighted by Gasteiger charge is -2.26. The molecule has 1 amide bonds. The van der Waals surface area contributed by atoms with Gasteiger partial charge in [0.2, 0.25) is 0 Å². The molecule has 0 heterocycles. The van der Waals surface area contributed by atoms with Crippen LogP contribution in [0.15, 0.2) is 18.2 Å². The summed E-state index contributed by atoms with van der Waals surface area (Å²) in [5, 5.41) is 11.4.